The van der Waals surface area contributed by atoms with Gasteiger partial charge in [0.15, 0.2) is 0 Å². The summed E-state index contributed by atoms with van der Waals surface area (Å²) in [5.41, 5.74) is 0.891. The molecular formula is C14H14Cl2N4O. The summed E-state index contributed by atoms with van der Waals surface area (Å²) in [5, 5.41) is 4.11. The van der Waals surface area contributed by atoms with E-state index in [1.54, 1.807) is 0 Å². The minimum Gasteiger partial charge on any atom is -0.378 e. The van der Waals surface area contributed by atoms with Crippen molar-refractivity contribution in [3.63, 3.8) is 0 Å². The number of aromatic nitrogens is 2. The Bertz CT molecular complexity index is 615. The fourth-order valence-corrected chi connectivity index (χ4v) is 2.41. The summed E-state index contributed by atoms with van der Waals surface area (Å²) in [7, 11) is 0. The standard InChI is InChI=1S/C14H14Cl2N4O/c15-10-1-3-11(4-2-10)17-12-9-13(19-14(16)18-12)20-5-7-21-8-6-20/h1-4,9H,5-8H2,(H,17,18,19). The van der Waals surface area contributed by atoms with Crippen LogP contribution in [0.25, 0.3) is 0 Å². The van der Waals surface area contributed by atoms with Gasteiger partial charge in [-0.05, 0) is 35.9 Å². The van der Waals surface area contributed by atoms with Crippen molar-refractivity contribution in [1.29, 1.82) is 0 Å². The lowest BCUT2D eigenvalue weighted by Gasteiger charge is -2.28. The van der Waals surface area contributed by atoms with Crippen molar-refractivity contribution >= 4 is 40.5 Å². The van der Waals surface area contributed by atoms with E-state index in [0.29, 0.717) is 24.1 Å². The normalized spacial score (nSPS) is 15.0. The van der Waals surface area contributed by atoms with Crippen LogP contribution in [-0.2, 0) is 4.74 Å². The van der Waals surface area contributed by atoms with E-state index < -0.39 is 0 Å². The summed E-state index contributed by atoms with van der Waals surface area (Å²) in [4.78, 5) is 10.6. The maximum Gasteiger partial charge on any atom is 0.226 e. The van der Waals surface area contributed by atoms with Crippen LogP contribution in [0.5, 0.6) is 0 Å². The third-order valence-corrected chi connectivity index (χ3v) is 3.56. The van der Waals surface area contributed by atoms with Gasteiger partial charge in [-0.2, -0.15) is 0 Å². The van der Waals surface area contributed by atoms with Gasteiger partial charge in [0.1, 0.15) is 11.6 Å². The Morgan fingerprint density at radius 2 is 1.76 bits per heavy atom. The summed E-state index contributed by atoms with van der Waals surface area (Å²) in [5.74, 6) is 1.45. The molecule has 0 aliphatic carbocycles. The van der Waals surface area contributed by atoms with Gasteiger partial charge in [-0.15, -0.1) is 0 Å². The van der Waals surface area contributed by atoms with Crippen LogP contribution in [-0.4, -0.2) is 36.3 Å². The van der Waals surface area contributed by atoms with Gasteiger partial charge in [0.2, 0.25) is 5.28 Å². The van der Waals surface area contributed by atoms with Crippen LogP contribution in [0, 0.1) is 0 Å². The van der Waals surface area contributed by atoms with Crippen molar-refractivity contribution < 1.29 is 4.74 Å². The van der Waals surface area contributed by atoms with Crippen molar-refractivity contribution in [1.82, 2.24) is 9.97 Å². The van der Waals surface area contributed by atoms with Crippen molar-refractivity contribution in [2.75, 3.05) is 36.5 Å². The van der Waals surface area contributed by atoms with E-state index >= 15 is 0 Å². The number of morpholine rings is 1. The molecule has 1 aliphatic rings. The molecule has 2 aromatic rings. The average molecular weight is 325 g/mol. The quantitative estimate of drug-likeness (QED) is 0.877. The predicted octanol–water partition coefficient (Wildman–Crippen LogP) is 3.36. The molecule has 0 bridgehead atoms. The molecule has 1 aromatic heterocycles. The largest absolute Gasteiger partial charge is 0.378 e. The second-order valence-corrected chi connectivity index (χ2v) is 5.39. The van der Waals surface area contributed by atoms with Gasteiger partial charge in [0, 0.05) is 29.9 Å². The zero-order chi connectivity index (χ0) is 14.7. The van der Waals surface area contributed by atoms with Crippen molar-refractivity contribution in [3.8, 4) is 0 Å². The highest BCUT2D eigenvalue weighted by molar-refractivity contribution is 6.30. The van der Waals surface area contributed by atoms with Crippen LogP contribution < -0.4 is 10.2 Å². The summed E-state index contributed by atoms with van der Waals surface area (Å²) in [6, 6.07) is 9.27. The molecule has 110 valence electrons. The molecule has 0 saturated carbocycles. The Kier molecular flexibility index (Phi) is 4.43. The Labute approximate surface area is 132 Å². The molecule has 0 spiro atoms. The third-order valence-electron chi connectivity index (χ3n) is 3.14. The second-order valence-electron chi connectivity index (χ2n) is 4.61. The van der Waals surface area contributed by atoms with Gasteiger partial charge >= 0.3 is 0 Å². The Hall–Kier alpha value is -1.56. The molecule has 1 aromatic carbocycles. The zero-order valence-electron chi connectivity index (χ0n) is 11.2. The van der Waals surface area contributed by atoms with E-state index in [1.807, 2.05) is 30.3 Å². The number of nitrogens with one attached hydrogen (secondary N) is 1. The highest BCUT2D eigenvalue weighted by Gasteiger charge is 2.14. The molecule has 1 aliphatic heterocycles. The molecule has 0 unspecified atom stereocenters. The van der Waals surface area contributed by atoms with Crippen LogP contribution in [0.1, 0.15) is 0 Å². The molecule has 1 fully saturated rings. The first-order valence-corrected chi connectivity index (χ1v) is 7.36. The van der Waals surface area contributed by atoms with E-state index in [2.05, 4.69) is 20.2 Å². The van der Waals surface area contributed by atoms with Gasteiger partial charge in [0.05, 0.1) is 13.2 Å². The van der Waals surface area contributed by atoms with Gasteiger partial charge in [-0.25, -0.2) is 9.97 Å². The first kappa shape index (κ1) is 14.4. The molecule has 1 N–H and O–H groups in total. The summed E-state index contributed by atoms with van der Waals surface area (Å²) in [6.07, 6.45) is 0. The smallest absolute Gasteiger partial charge is 0.226 e. The van der Waals surface area contributed by atoms with E-state index in [0.717, 1.165) is 24.6 Å². The SMILES string of the molecule is Clc1ccc(Nc2cc(N3CCOCC3)nc(Cl)n2)cc1. The first-order chi connectivity index (χ1) is 10.2. The van der Waals surface area contributed by atoms with Crippen LogP contribution in [0.4, 0.5) is 17.3 Å². The minimum atomic E-state index is 0.218. The van der Waals surface area contributed by atoms with Crippen molar-refractivity contribution in [2.24, 2.45) is 0 Å². The maximum absolute atomic E-state index is 6.02. The predicted molar refractivity (Wildman–Crippen MR) is 84.8 cm³/mol. The molecule has 5 nitrogen and oxygen atoms in total. The average Bonchev–Trinajstić information content (AvgIpc) is 2.50. The molecule has 0 radical (unpaired) electrons. The van der Waals surface area contributed by atoms with Crippen LogP contribution in [0.15, 0.2) is 30.3 Å². The fourth-order valence-electron chi connectivity index (χ4n) is 2.11. The molecule has 7 heteroatoms. The number of nitrogens with zero attached hydrogens (tertiary/aromatic N) is 3. The highest BCUT2D eigenvalue weighted by atomic mass is 35.5. The number of anilines is 3. The third kappa shape index (κ3) is 3.75. The molecule has 1 saturated heterocycles. The Morgan fingerprint density at radius 1 is 1.05 bits per heavy atom. The van der Waals surface area contributed by atoms with E-state index in [4.69, 9.17) is 27.9 Å². The molecular weight excluding hydrogens is 311 g/mol. The molecule has 0 atom stereocenters. The number of halogens is 2. The van der Waals surface area contributed by atoms with Crippen LogP contribution in [0.2, 0.25) is 10.3 Å². The van der Waals surface area contributed by atoms with Gasteiger partial charge in [-0.1, -0.05) is 11.6 Å². The van der Waals surface area contributed by atoms with Crippen LogP contribution in [0.3, 0.4) is 0 Å². The Balaban J connectivity index is 1.81. The van der Waals surface area contributed by atoms with Gasteiger partial charge < -0.3 is 15.0 Å². The summed E-state index contributed by atoms with van der Waals surface area (Å²) >= 11 is 11.9. The number of hydrogen-bond acceptors (Lipinski definition) is 5. The summed E-state index contributed by atoms with van der Waals surface area (Å²) < 4.78 is 5.34. The molecule has 2 heterocycles. The van der Waals surface area contributed by atoms with Crippen molar-refractivity contribution in [2.45, 2.75) is 0 Å². The molecule has 3 rings (SSSR count). The lowest BCUT2D eigenvalue weighted by Crippen LogP contribution is -2.36. The highest BCUT2D eigenvalue weighted by Crippen LogP contribution is 2.23. The summed E-state index contributed by atoms with van der Waals surface area (Å²) in [6.45, 7) is 2.99. The van der Waals surface area contributed by atoms with E-state index in [-0.39, 0.29) is 5.28 Å². The number of rotatable bonds is 3. The lowest BCUT2D eigenvalue weighted by atomic mass is 10.3. The second kappa shape index (κ2) is 6.47. The Morgan fingerprint density at radius 3 is 2.48 bits per heavy atom. The zero-order valence-corrected chi connectivity index (χ0v) is 12.7. The number of benzene rings is 1. The number of hydrogen-bond donors (Lipinski definition) is 1. The fraction of sp³-hybridized carbons (Fsp3) is 0.286. The number of ether oxygens (including phenoxy) is 1. The van der Waals surface area contributed by atoms with Gasteiger partial charge in [-0.3, -0.25) is 0 Å². The molecule has 0 amide bonds. The van der Waals surface area contributed by atoms with Crippen molar-refractivity contribution in [3.05, 3.63) is 40.6 Å². The lowest BCUT2D eigenvalue weighted by molar-refractivity contribution is 0.122. The monoisotopic (exact) mass is 324 g/mol. The minimum absolute atomic E-state index is 0.218. The topological polar surface area (TPSA) is 50.3 Å². The maximum atomic E-state index is 6.02. The van der Waals surface area contributed by atoms with Crippen LogP contribution >= 0.6 is 23.2 Å². The molecule has 21 heavy (non-hydrogen) atoms. The van der Waals surface area contributed by atoms with E-state index in [9.17, 15) is 0 Å². The van der Waals surface area contributed by atoms with Gasteiger partial charge in [0.25, 0.3) is 0 Å². The first-order valence-electron chi connectivity index (χ1n) is 6.60. The van der Waals surface area contributed by atoms with E-state index in [1.165, 1.54) is 0 Å².